The molecule has 8 N–H and O–H groups in total. The van der Waals surface area contributed by atoms with Crippen LogP contribution in [-0.4, -0.2) is 114 Å². The van der Waals surface area contributed by atoms with Crippen LogP contribution in [0.1, 0.15) is 76.6 Å². The molecule has 0 unspecified atom stereocenters. The molecule has 19 heteroatoms. The molecule has 0 spiro atoms. The minimum absolute atomic E-state index is 0.0358. The number of carboxylic acid groups (broad SMARTS) is 1. The summed E-state index contributed by atoms with van der Waals surface area (Å²) in [6.45, 7) is 13.9. The minimum atomic E-state index is -4.21. The molecule has 1 aromatic rings. The smallest absolute Gasteiger partial charge is 0.328 e. The monoisotopic (exact) mass is 771 g/mol. The second-order valence-electron chi connectivity index (χ2n) is 13.9. The molecule has 17 nitrogen and oxygen atoms in total. The second-order valence-corrected chi connectivity index (χ2v) is 17.2. The molecule has 0 aromatic heterocycles. The maximum atomic E-state index is 13.9. The van der Waals surface area contributed by atoms with Crippen LogP contribution in [0.3, 0.4) is 0 Å². The number of nitrogens with zero attached hydrogens (tertiary/aromatic N) is 1. The Labute approximate surface area is 309 Å². The number of hydrogen-bond donors (Lipinski definition) is 8. The molecule has 0 saturated carbocycles. The number of amides is 4. The Bertz CT molecular complexity index is 1680. The maximum Gasteiger partial charge on any atom is 0.328 e. The molecule has 1 aliphatic heterocycles. The zero-order valence-corrected chi connectivity index (χ0v) is 33.0. The average Bonchev–Trinajstić information content (AvgIpc) is 3.35. The summed E-state index contributed by atoms with van der Waals surface area (Å²) >= 11 is 1.18. The van der Waals surface area contributed by atoms with Crippen LogP contribution in [0, 0.1) is 26.2 Å². The van der Waals surface area contributed by atoms with Gasteiger partial charge in [0.25, 0.3) is 10.0 Å². The van der Waals surface area contributed by atoms with Crippen LogP contribution in [0.15, 0.2) is 4.90 Å². The molecule has 1 aromatic carbocycles. The Morgan fingerprint density at radius 3 is 2.17 bits per heavy atom. The summed E-state index contributed by atoms with van der Waals surface area (Å²) < 4.78 is 34.4. The fourth-order valence-electron chi connectivity index (χ4n) is 5.83. The lowest BCUT2D eigenvalue weighted by molar-refractivity contribution is -0.146. The van der Waals surface area contributed by atoms with Crippen molar-refractivity contribution in [1.29, 1.82) is 5.41 Å². The minimum Gasteiger partial charge on any atom is -0.487 e. The zero-order valence-electron chi connectivity index (χ0n) is 31.4. The summed E-state index contributed by atoms with van der Waals surface area (Å²) in [7, 11) is -2.90. The van der Waals surface area contributed by atoms with Crippen LogP contribution in [-0.2, 0) is 40.4 Å². The second kappa shape index (κ2) is 17.6. The molecule has 4 amide bonds. The number of benzene rings is 1. The molecular weight excluding hydrogens is 719 g/mol. The first-order chi connectivity index (χ1) is 23.9. The maximum absolute atomic E-state index is 13.9. The normalized spacial score (nSPS) is 15.2. The topological polar surface area (TPSA) is 256 Å². The number of aliphatic carboxylic acids is 1. The van der Waals surface area contributed by atoms with Gasteiger partial charge in [-0.1, -0.05) is 0 Å². The lowest BCUT2D eigenvalue weighted by Crippen LogP contribution is -2.61. The Morgan fingerprint density at radius 1 is 1.02 bits per heavy atom. The molecule has 0 radical (unpaired) electrons. The first-order valence-corrected chi connectivity index (χ1v) is 19.1. The van der Waals surface area contributed by atoms with Crippen molar-refractivity contribution in [3.05, 3.63) is 22.3 Å². The van der Waals surface area contributed by atoms with Crippen LogP contribution >= 0.6 is 11.8 Å². The number of aliphatic hydroxyl groups is 1. The van der Waals surface area contributed by atoms with E-state index >= 15 is 0 Å². The lowest BCUT2D eigenvalue weighted by atomic mass is 9.94. The van der Waals surface area contributed by atoms with Crippen LogP contribution < -0.4 is 30.7 Å². The SMILES string of the molecule is CC(=O)NCSC(C)(C)[C@H](NC(C)=O)C(=O)N(C)[C@@H](CCCNC(=N)NS(=O)(=O)c1c(C)c(C)c2c(c1C)CC(C)(C)O2)C(=O)N[C@@H](CO)C(=O)O. The Hall–Kier alpha value is -4.10. The van der Waals surface area contributed by atoms with Gasteiger partial charge in [-0.05, 0) is 78.0 Å². The Morgan fingerprint density at radius 2 is 1.63 bits per heavy atom. The summed E-state index contributed by atoms with van der Waals surface area (Å²) in [5.74, 6) is -3.67. The number of ether oxygens (including phenoxy) is 1. The molecule has 1 aliphatic rings. The van der Waals surface area contributed by atoms with E-state index in [4.69, 9.17) is 10.1 Å². The largest absolute Gasteiger partial charge is 0.487 e. The van der Waals surface area contributed by atoms with Gasteiger partial charge < -0.3 is 41.1 Å². The van der Waals surface area contributed by atoms with Crippen LogP contribution in [0.5, 0.6) is 5.75 Å². The van der Waals surface area contributed by atoms with Gasteiger partial charge in [-0.3, -0.25) is 24.6 Å². The molecule has 0 fully saturated rings. The lowest BCUT2D eigenvalue weighted by Gasteiger charge is -2.38. The van der Waals surface area contributed by atoms with Crippen molar-refractivity contribution in [1.82, 2.24) is 30.9 Å². The first-order valence-electron chi connectivity index (χ1n) is 16.6. The summed E-state index contributed by atoms with van der Waals surface area (Å²) in [5, 5.41) is 37.4. The number of nitrogens with one attached hydrogen (secondary N) is 6. The van der Waals surface area contributed by atoms with Gasteiger partial charge in [-0.25, -0.2) is 17.9 Å². The highest BCUT2D eigenvalue weighted by molar-refractivity contribution is 8.00. The number of thioether (sulfide) groups is 1. The number of carbonyl (C=O) groups excluding carboxylic acids is 4. The van der Waals surface area contributed by atoms with Gasteiger partial charge in [0.1, 0.15) is 29.5 Å². The van der Waals surface area contributed by atoms with Crippen molar-refractivity contribution < 1.29 is 47.3 Å². The molecule has 2 rings (SSSR count). The van der Waals surface area contributed by atoms with Crippen molar-refractivity contribution in [3.8, 4) is 5.75 Å². The van der Waals surface area contributed by atoms with Crippen molar-refractivity contribution >= 4 is 57.3 Å². The highest BCUT2D eigenvalue weighted by atomic mass is 32.2. The highest BCUT2D eigenvalue weighted by Crippen LogP contribution is 2.43. The van der Waals surface area contributed by atoms with Crippen LogP contribution in [0.25, 0.3) is 0 Å². The van der Waals surface area contributed by atoms with E-state index in [0.717, 1.165) is 10.5 Å². The van der Waals surface area contributed by atoms with E-state index in [1.54, 1.807) is 34.6 Å². The number of carbonyl (C=O) groups is 5. The molecule has 292 valence electrons. The van der Waals surface area contributed by atoms with Gasteiger partial charge in [-0.15, -0.1) is 11.8 Å². The fraction of sp³-hybridized carbons (Fsp3) is 0.636. The number of aliphatic hydroxyl groups excluding tert-OH is 1. The van der Waals surface area contributed by atoms with Gasteiger partial charge in [0, 0.05) is 44.2 Å². The van der Waals surface area contributed by atoms with Gasteiger partial charge in [0.05, 0.1) is 17.4 Å². The fourth-order valence-corrected chi connectivity index (χ4v) is 8.33. The molecule has 0 aliphatic carbocycles. The number of sulfonamides is 1. The number of guanidine groups is 1. The van der Waals surface area contributed by atoms with E-state index in [-0.39, 0.29) is 36.1 Å². The van der Waals surface area contributed by atoms with Gasteiger partial charge >= 0.3 is 5.97 Å². The van der Waals surface area contributed by atoms with Gasteiger partial charge in [0.15, 0.2) is 0 Å². The van der Waals surface area contributed by atoms with Crippen LogP contribution in [0.4, 0.5) is 0 Å². The molecule has 0 bridgehead atoms. The number of fused-ring (bicyclic) bond motifs is 1. The predicted molar refractivity (Wildman–Crippen MR) is 196 cm³/mol. The van der Waals surface area contributed by atoms with Crippen molar-refractivity contribution in [2.45, 2.75) is 115 Å². The van der Waals surface area contributed by atoms with Crippen molar-refractivity contribution in [2.75, 3.05) is 26.1 Å². The third-order valence-corrected chi connectivity index (χ3v) is 11.6. The van der Waals surface area contributed by atoms with E-state index in [9.17, 15) is 42.6 Å². The van der Waals surface area contributed by atoms with E-state index < -0.39 is 74.8 Å². The molecule has 3 atom stereocenters. The standard InChI is InChI=1S/C33H53N7O10S2/c1-17-18(2)26(19(3)22-14-32(6,7)50-25(17)22)52(48,49)39-31(34)35-13-11-12-24(28(44)38-23(15-41)30(46)47)40(10)29(45)27(37-21(5)43)33(8,9)51-16-36-20(4)42/h23-24,27,41H,11-16H2,1-10H3,(H,36,42)(H,37,43)(H,38,44)(H,46,47)(H3,34,35,39)/t23-,24-,27+/m0/s1. The zero-order chi connectivity index (χ0) is 39.9. The molecule has 1 heterocycles. The summed E-state index contributed by atoms with van der Waals surface area (Å²) in [4.78, 5) is 63.6. The highest BCUT2D eigenvalue weighted by Gasteiger charge is 2.41. The third-order valence-electron chi connectivity index (χ3n) is 8.72. The summed E-state index contributed by atoms with van der Waals surface area (Å²) in [6.07, 6.45) is 0.511. The van der Waals surface area contributed by atoms with Crippen molar-refractivity contribution in [2.24, 2.45) is 0 Å². The number of rotatable bonds is 17. The molecular formula is C33H53N7O10S2. The summed E-state index contributed by atoms with van der Waals surface area (Å²) in [6, 6.07) is -4.17. The predicted octanol–water partition coefficient (Wildman–Crippen LogP) is 0.407. The molecule has 0 saturated heterocycles. The average molecular weight is 772 g/mol. The quantitative estimate of drug-likeness (QED) is 0.0464. The number of likely N-dealkylation sites (N-methyl/N-ethyl adjacent to an activating group) is 1. The number of hydrogen-bond acceptors (Lipinski definition) is 11. The Kier molecular flexibility index (Phi) is 14.9. The van der Waals surface area contributed by atoms with E-state index in [0.29, 0.717) is 28.9 Å². The van der Waals surface area contributed by atoms with Crippen LogP contribution in [0.2, 0.25) is 0 Å². The summed E-state index contributed by atoms with van der Waals surface area (Å²) in [5.41, 5.74) is 2.01. The number of carboxylic acids is 1. The van der Waals surface area contributed by atoms with Crippen molar-refractivity contribution in [3.63, 3.8) is 0 Å². The third kappa shape index (κ3) is 11.2. The van der Waals surface area contributed by atoms with E-state index in [1.165, 1.54) is 32.7 Å². The van der Waals surface area contributed by atoms with Gasteiger partial charge in [0.2, 0.25) is 29.6 Å². The first kappa shape index (κ1) is 44.1. The van der Waals surface area contributed by atoms with E-state index in [1.807, 2.05) is 13.8 Å². The Balaban J connectivity index is 2.25. The van der Waals surface area contributed by atoms with Gasteiger partial charge in [-0.2, -0.15) is 0 Å². The molecule has 52 heavy (non-hydrogen) atoms. The van der Waals surface area contributed by atoms with E-state index in [2.05, 4.69) is 26.0 Å².